The smallest absolute Gasteiger partial charge is 0.410 e. The van der Waals surface area contributed by atoms with Crippen LogP contribution in [0.3, 0.4) is 0 Å². The molecule has 1 aliphatic heterocycles. The first-order chi connectivity index (χ1) is 10.3. The van der Waals surface area contributed by atoms with Gasteiger partial charge in [0.05, 0.1) is 0 Å². The van der Waals surface area contributed by atoms with Gasteiger partial charge in [0.1, 0.15) is 5.60 Å². The van der Waals surface area contributed by atoms with Crippen molar-refractivity contribution in [2.75, 3.05) is 32.7 Å². The molecule has 0 saturated carbocycles. The Hall–Kier alpha value is -1.69. The average molecular weight is 309 g/mol. The van der Waals surface area contributed by atoms with Gasteiger partial charge >= 0.3 is 6.09 Å². The third-order valence-corrected chi connectivity index (χ3v) is 3.53. The summed E-state index contributed by atoms with van der Waals surface area (Å²) in [6.45, 7) is 9.51. The van der Waals surface area contributed by atoms with E-state index in [1.165, 1.54) is 6.07 Å². The lowest BCUT2D eigenvalue weighted by Crippen LogP contribution is -2.50. The molecule has 0 spiro atoms. The number of ether oxygens (including phenoxy) is 1. The van der Waals surface area contributed by atoms with Crippen LogP contribution in [-0.4, -0.2) is 59.2 Å². The molecule has 0 N–H and O–H groups in total. The Bertz CT molecular complexity index is 491. The van der Waals surface area contributed by atoms with Gasteiger partial charge in [-0.05, 0) is 38.8 Å². The summed E-state index contributed by atoms with van der Waals surface area (Å²) >= 11 is 0. The van der Waals surface area contributed by atoms with Gasteiger partial charge in [-0.2, -0.15) is 4.39 Å². The van der Waals surface area contributed by atoms with E-state index in [2.05, 4.69) is 9.88 Å². The number of pyridine rings is 1. The molecular weight excluding hydrogens is 285 g/mol. The van der Waals surface area contributed by atoms with Crippen LogP contribution in [0, 0.1) is 5.95 Å². The SMILES string of the molecule is CC(C)(C)OC(=O)N1CCN(CCc2ccc(F)nc2)CC1. The van der Waals surface area contributed by atoms with E-state index in [-0.39, 0.29) is 6.09 Å². The number of carbonyl (C=O) groups excluding carboxylic acids is 1. The maximum absolute atomic E-state index is 12.7. The summed E-state index contributed by atoms with van der Waals surface area (Å²) in [5.74, 6) is -0.449. The third-order valence-electron chi connectivity index (χ3n) is 3.53. The second-order valence-electron chi connectivity index (χ2n) is 6.55. The van der Waals surface area contributed by atoms with Crippen molar-refractivity contribution in [3.63, 3.8) is 0 Å². The summed E-state index contributed by atoms with van der Waals surface area (Å²) in [7, 11) is 0. The Morgan fingerprint density at radius 1 is 1.27 bits per heavy atom. The molecule has 0 aliphatic carbocycles. The molecule has 0 atom stereocenters. The van der Waals surface area contributed by atoms with E-state index in [9.17, 15) is 9.18 Å². The molecule has 122 valence electrons. The quantitative estimate of drug-likeness (QED) is 0.804. The van der Waals surface area contributed by atoms with E-state index < -0.39 is 11.5 Å². The summed E-state index contributed by atoms with van der Waals surface area (Å²) in [5, 5.41) is 0. The molecule has 1 aromatic rings. The topological polar surface area (TPSA) is 45.7 Å². The van der Waals surface area contributed by atoms with Gasteiger partial charge in [0.2, 0.25) is 5.95 Å². The fraction of sp³-hybridized carbons (Fsp3) is 0.625. The second-order valence-corrected chi connectivity index (χ2v) is 6.55. The van der Waals surface area contributed by atoms with Gasteiger partial charge in [-0.25, -0.2) is 9.78 Å². The van der Waals surface area contributed by atoms with E-state index >= 15 is 0 Å². The Balaban J connectivity index is 1.73. The van der Waals surface area contributed by atoms with Crippen molar-refractivity contribution < 1.29 is 13.9 Å². The zero-order valence-electron chi connectivity index (χ0n) is 13.5. The lowest BCUT2D eigenvalue weighted by Gasteiger charge is -2.35. The molecule has 1 saturated heterocycles. The van der Waals surface area contributed by atoms with Crippen LogP contribution >= 0.6 is 0 Å². The largest absolute Gasteiger partial charge is 0.444 e. The lowest BCUT2D eigenvalue weighted by atomic mass is 10.2. The standard InChI is InChI=1S/C16H24FN3O2/c1-16(2,3)22-15(21)20-10-8-19(9-11-20)7-6-13-4-5-14(17)18-12-13/h4-5,12H,6-11H2,1-3H3. The molecule has 0 aromatic carbocycles. The van der Waals surface area contributed by atoms with Crippen LogP contribution in [-0.2, 0) is 11.2 Å². The van der Waals surface area contributed by atoms with Gasteiger partial charge < -0.3 is 9.64 Å². The second kappa shape index (κ2) is 7.05. The molecule has 2 rings (SSSR count). The Morgan fingerprint density at radius 2 is 1.95 bits per heavy atom. The molecule has 0 radical (unpaired) electrons. The van der Waals surface area contributed by atoms with Gasteiger partial charge in [0.15, 0.2) is 0 Å². The molecular formula is C16H24FN3O2. The van der Waals surface area contributed by atoms with Crippen molar-refractivity contribution in [1.82, 2.24) is 14.8 Å². The Kier molecular flexibility index (Phi) is 5.34. The number of rotatable bonds is 3. The molecule has 5 nitrogen and oxygen atoms in total. The molecule has 2 heterocycles. The van der Waals surface area contributed by atoms with E-state index in [1.807, 2.05) is 20.8 Å². The number of hydrogen-bond acceptors (Lipinski definition) is 4. The minimum atomic E-state index is -0.455. The number of halogens is 1. The summed E-state index contributed by atoms with van der Waals surface area (Å²) in [5.41, 5.74) is 0.569. The van der Waals surface area contributed by atoms with Crippen molar-refractivity contribution in [2.24, 2.45) is 0 Å². The zero-order chi connectivity index (χ0) is 16.2. The number of carbonyl (C=O) groups is 1. The Labute approximate surface area is 131 Å². The van der Waals surface area contributed by atoms with Crippen LogP contribution in [0.5, 0.6) is 0 Å². The minimum absolute atomic E-state index is 0.241. The maximum atomic E-state index is 12.7. The molecule has 1 aliphatic rings. The normalized spacial score (nSPS) is 16.6. The van der Waals surface area contributed by atoms with Gasteiger partial charge in [-0.1, -0.05) is 6.07 Å². The van der Waals surface area contributed by atoms with Crippen molar-refractivity contribution in [3.05, 3.63) is 29.8 Å². The highest BCUT2D eigenvalue weighted by Gasteiger charge is 2.25. The molecule has 1 aromatic heterocycles. The minimum Gasteiger partial charge on any atom is -0.444 e. The number of piperazine rings is 1. The highest BCUT2D eigenvalue weighted by Crippen LogP contribution is 2.12. The average Bonchev–Trinajstić information content (AvgIpc) is 2.45. The number of aromatic nitrogens is 1. The first kappa shape index (κ1) is 16.7. The van der Waals surface area contributed by atoms with Crippen molar-refractivity contribution in [1.29, 1.82) is 0 Å². The zero-order valence-corrected chi connectivity index (χ0v) is 13.5. The van der Waals surface area contributed by atoms with Gasteiger partial charge in [0, 0.05) is 38.9 Å². The van der Waals surface area contributed by atoms with Crippen molar-refractivity contribution in [3.8, 4) is 0 Å². The van der Waals surface area contributed by atoms with Crippen LogP contribution in [0.1, 0.15) is 26.3 Å². The lowest BCUT2D eigenvalue weighted by molar-refractivity contribution is 0.0146. The highest BCUT2D eigenvalue weighted by molar-refractivity contribution is 5.68. The van der Waals surface area contributed by atoms with Crippen molar-refractivity contribution >= 4 is 6.09 Å². The molecule has 22 heavy (non-hydrogen) atoms. The molecule has 6 heteroatoms. The maximum Gasteiger partial charge on any atom is 0.410 e. The molecule has 0 unspecified atom stereocenters. The Morgan fingerprint density at radius 3 is 2.50 bits per heavy atom. The fourth-order valence-electron chi connectivity index (χ4n) is 2.32. The fourth-order valence-corrected chi connectivity index (χ4v) is 2.32. The van der Waals surface area contributed by atoms with Crippen LogP contribution in [0.15, 0.2) is 18.3 Å². The van der Waals surface area contributed by atoms with Gasteiger partial charge in [0.25, 0.3) is 0 Å². The number of hydrogen-bond donors (Lipinski definition) is 0. The first-order valence-electron chi connectivity index (χ1n) is 7.64. The van der Waals surface area contributed by atoms with E-state index in [4.69, 9.17) is 4.74 Å². The third kappa shape index (κ3) is 5.26. The number of nitrogens with zero attached hydrogens (tertiary/aromatic N) is 3. The van der Waals surface area contributed by atoms with Gasteiger partial charge in [-0.3, -0.25) is 4.90 Å². The monoisotopic (exact) mass is 309 g/mol. The summed E-state index contributed by atoms with van der Waals surface area (Å²) < 4.78 is 18.1. The summed E-state index contributed by atoms with van der Waals surface area (Å²) in [6.07, 6.45) is 2.17. The van der Waals surface area contributed by atoms with Crippen LogP contribution in [0.4, 0.5) is 9.18 Å². The number of amides is 1. The van der Waals surface area contributed by atoms with Crippen LogP contribution in [0.25, 0.3) is 0 Å². The molecule has 0 bridgehead atoms. The van der Waals surface area contributed by atoms with Gasteiger partial charge in [-0.15, -0.1) is 0 Å². The summed E-state index contributed by atoms with van der Waals surface area (Å²) in [4.78, 5) is 19.7. The first-order valence-corrected chi connectivity index (χ1v) is 7.64. The highest BCUT2D eigenvalue weighted by atomic mass is 19.1. The predicted molar refractivity (Wildman–Crippen MR) is 82.1 cm³/mol. The van der Waals surface area contributed by atoms with E-state index in [1.54, 1.807) is 17.2 Å². The van der Waals surface area contributed by atoms with Crippen molar-refractivity contribution in [2.45, 2.75) is 32.8 Å². The summed E-state index contributed by atoms with van der Waals surface area (Å²) in [6, 6.07) is 3.15. The molecule has 1 amide bonds. The molecule has 1 fully saturated rings. The van der Waals surface area contributed by atoms with E-state index in [0.29, 0.717) is 13.1 Å². The van der Waals surface area contributed by atoms with Crippen LogP contribution < -0.4 is 0 Å². The van der Waals surface area contributed by atoms with Crippen LogP contribution in [0.2, 0.25) is 0 Å². The predicted octanol–water partition coefficient (Wildman–Crippen LogP) is 2.32. The van der Waals surface area contributed by atoms with E-state index in [0.717, 1.165) is 31.6 Å².